The number of para-hydroxylation sites is 2. The van der Waals surface area contributed by atoms with Gasteiger partial charge >= 0.3 is 0 Å². The number of anilines is 1. The van der Waals surface area contributed by atoms with Gasteiger partial charge < -0.3 is 10.1 Å². The number of hydrogen-bond acceptors (Lipinski definition) is 4. The number of ether oxygens (including phenoxy) is 1. The van der Waals surface area contributed by atoms with Gasteiger partial charge in [-0.15, -0.1) is 11.8 Å². The molecule has 0 atom stereocenters. The van der Waals surface area contributed by atoms with Crippen LogP contribution < -0.4 is 10.1 Å². The lowest BCUT2D eigenvalue weighted by molar-refractivity contribution is -0.117. The van der Waals surface area contributed by atoms with Crippen LogP contribution in [0.5, 0.6) is 5.75 Å². The molecule has 0 radical (unpaired) electrons. The average Bonchev–Trinajstić information content (AvgIpc) is 2.64. The Morgan fingerprint density at radius 1 is 1.15 bits per heavy atom. The first kappa shape index (κ1) is 20.3. The molecule has 0 aromatic heterocycles. The smallest absolute Gasteiger partial charge is 0.238 e. The van der Waals surface area contributed by atoms with E-state index in [1.807, 2.05) is 30.3 Å². The summed E-state index contributed by atoms with van der Waals surface area (Å²) in [5.74, 6) is 1.08. The fraction of sp³-hybridized carbons (Fsp3) is 0.350. The third-order valence-electron chi connectivity index (χ3n) is 3.79. The van der Waals surface area contributed by atoms with E-state index in [-0.39, 0.29) is 11.7 Å². The Morgan fingerprint density at radius 2 is 1.88 bits per heavy atom. The molecule has 0 fully saturated rings. The van der Waals surface area contributed by atoms with Crippen molar-refractivity contribution in [3.05, 3.63) is 54.3 Å². The summed E-state index contributed by atoms with van der Waals surface area (Å²) >= 11 is 1.47. The van der Waals surface area contributed by atoms with Gasteiger partial charge in [0, 0.05) is 17.2 Å². The van der Waals surface area contributed by atoms with Gasteiger partial charge in [-0.25, -0.2) is 4.39 Å². The van der Waals surface area contributed by atoms with Crippen LogP contribution in [0.3, 0.4) is 0 Å². The third kappa shape index (κ3) is 6.35. The molecule has 0 saturated carbocycles. The predicted octanol–water partition coefficient (Wildman–Crippen LogP) is 4.28. The van der Waals surface area contributed by atoms with Gasteiger partial charge in [0.15, 0.2) is 0 Å². The van der Waals surface area contributed by atoms with Crippen LogP contribution in [0.2, 0.25) is 0 Å². The average molecular weight is 376 g/mol. The molecule has 2 aromatic rings. The summed E-state index contributed by atoms with van der Waals surface area (Å²) in [6.45, 7) is 3.90. The van der Waals surface area contributed by atoms with Crippen molar-refractivity contribution in [2.45, 2.75) is 18.2 Å². The van der Waals surface area contributed by atoms with Crippen LogP contribution in [0.1, 0.15) is 13.3 Å². The highest BCUT2D eigenvalue weighted by atomic mass is 32.2. The van der Waals surface area contributed by atoms with E-state index < -0.39 is 0 Å². The quantitative estimate of drug-likeness (QED) is 0.629. The van der Waals surface area contributed by atoms with Gasteiger partial charge in [0.1, 0.15) is 11.6 Å². The molecule has 1 amide bonds. The summed E-state index contributed by atoms with van der Waals surface area (Å²) in [6.07, 6.45) is 0.951. The summed E-state index contributed by atoms with van der Waals surface area (Å²) < 4.78 is 18.9. The Balaban J connectivity index is 1.86. The highest BCUT2D eigenvalue weighted by Gasteiger charge is 2.12. The van der Waals surface area contributed by atoms with Gasteiger partial charge in [0.05, 0.1) is 19.3 Å². The first-order valence-corrected chi connectivity index (χ1v) is 9.65. The lowest BCUT2D eigenvalue weighted by Gasteiger charge is -2.21. The van der Waals surface area contributed by atoms with Crippen molar-refractivity contribution in [2.75, 3.05) is 37.8 Å². The number of nitrogens with one attached hydrogen (secondary N) is 1. The number of amides is 1. The van der Waals surface area contributed by atoms with Crippen LogP contribution in [0.4, 0.5) is 10.1 Å². The van der Waals surface area contributed by atoms with Crippen LogP contribution >= 0.6 is 11.8 Å². The van der Waals surface area contributed by atoms with Gasteiger partial charge in [0.2, 0.25) is 5.91 Å². The summed E-state index contributed by atoms with van der Waals surface area (Å²) in [5, 5.41) is 2.90. The zero-order chi connectivity index (χ0) is 18.8. The second-order valence-electron chi connectivity index (χ2n) is 5.80. The van der Waals surface area contributed by atoms with E-state index in [9.17, 15) is 9.18 Å². The van der Waals surface area contributed by atoms with Gasteiger partial charge in [-0.2, -0.15) is 0 Å². The van der Waals surface area contributed by atoms with Crippen LogP contribution in [-0.2, 0) is 4.79 Å². The molecule has 4 nitrogen and oxygen atoms in total. The second kappa shape index (κ2) is 10.8. The van der Waals surface area contributed by atoms with E-state index in [2.05, 4.69) is 17.1 Å². The second-order valence-corrected chi connectivity index (χ2v) is 6.94. The van der Waals surface area contributed by atoms with Crippen molar-refractivity contribution in [1.29, 1.82) is 0 Å². The molecular weight excluding hydrogens is 351 g/mol. The summed E-state index contributed by atoms with van der Waals surface area (Å²) in [7, 11) is 1.58. The van der Waals surface area contributed by atoms with Gasteiger partial charge in [-0.1, -0.05) is 31.2 Å². The number of carbonyl (C=O) groups excluding carboxylic acids is 1. The first-order valence-electron chi connectivity index (χ1n) is 8.66. The lowest BCUT2D eigenvalue weighted by Crippen LogP contribution is -2.35. The zero-order valence-corrected chi connectivity index (χ0v) is 16.0. The molecule has 2 rings (SSSR count). The number of nitrogens with zero attached hydrogens (tertiary/aromatic N) is 1. The molecule has 2 aromatic carbocycles. The van der Waals surface area contributed by atoms with E-state index in [0.29, 0.717) is 29.4 Å². The van der Waals surface area contributed by atoms with Crippen LogP contribution in [0, 0.1) is 5.82 Å². The maximum atomic E-state index is 13.7. The number of carbonyl (C=O) groups is 1. The predicted molar refractivity (Wildman–Crippen MR) is 105 cm³/mol. The number of rotatable bonds is 10. The van der Waals surface area contributed by atoms with Gasteiger partial charge in [0.25, 0.3) is 0 Å². The topological polar surface area (TPSA) is 41.6 Å². The van der Waals surface area contributed by atoms with E-state index in [1.165, 1.54) is 17.8 Å². The number of halogens is 1. The van der Waals surface area contributed by atoms with E-state index >= 15 is 0 Å². The van der Waals surface area contributed by atoms with Crippen molar-refractivity contribution in [2.24, 2.45) is 0 Å². The highest BCUT2D eigenvalue weighted by Crippen LogP contribution is 2.23. The van der Waals surface area contributed by atoms with Crippen molar-refractivity contribution < 1.29 is 13.9 Å². The Morgan fingerprint density at radius 3 is 2.62 bits per heavy atom. The number of benzene rings is 2. The molecule has 26 heavy (non-hydrogen) atoms. The van der Waals surface area contributed by atoms with Gasteiger partial charge in [-0.05, 0) is 37.2 Å². The van der Waals surface area contributed by atoms with Crippen molar-refractivity contribution >= 4 is 23.4 Å². The fourth-order valence-electron chi connectivity index (χ4n) is 2.57. The number of hydrogen-bond donors (Lipinski definition) is 1. The maximum Gasteiger partial charge on any atom is 0.238 e. The first-order chi connectivity index (χ1) is 12.6. The van der Waals surface area contributed by atoms with E-state index in [1.54, 1.807) is 19.2 Å². The minimum Gasteiger partial charge on any atom is -0.495 e. The molecule has 0 aliphatic carbocycles. The van der Waals surface area contributed by atoms with E-state index in [0.717, 1.165) is 18.7 Å². The molecule has 0 unspecified atom stereocenters. The minimum atomic E-state index is -0.201. The van der Waals surface area contributed by atoms with Crippen molar-refractivity contribution in [3.8, 4) is 5.75 Å². The summed E-state index contributed by atoms with van der Waals surface area (Å²) in [6, 6.07) is 14.1. The zero-order valence-electron chi connectivity index (χ0n) is 15.2. The molecule has 140 valence electrons. The largest absolute Gasteiger partial charge is 0.495 e. The number of thioether (sulfide) groups is 1. The normalized spacial score (nSPS) is 10.8. The molecule has 0 bridgehead atoms. The molecule has 0 spiro atoms. The summed E-state index contributed by atoms with van der Waals surface area (Å²) in [4.78, 5) is 15.1. The van der Waals surface area contributed by atoms with Crippen molar-refractivity contribution in [3.63, 3.8) is 0 Å². The number of methoxy groups -OCH3 is 1. The molecule has 6 heteroatoms. The molecular formula is C20H25FN2O2S. The molecule has 0 heterocycles. The Bertz CT molecular complexity index is 712. The Kier molecular flexibility index (Phi) is 8.44. The van der Waals surface area contributed by atoms with Crippen molar-refractivity contribution in [1.82, 2.24) is 4.90 Å². The summed E-state index contributed by atoms with van der Waals surface area (Å²) in [5.41, 5.74) is 0.664. The Labute approximate surface area is 158 Å². The molecule has 0 saturated heterocycles. The Hall–Kier alpha value is -2.05. The van der Waals surface area contributed by atoms with Crippen LogP contribution in [-0.4, -0.2) is 43.3 Å². The lowest BCUT2D eigenvalue weighted by atomic mass is 10.3. The molecule has 1 N–H and O–H groups in total. The minimum absolute atomic E-state index is 0.0844. The standard InChI is InChI=1S/C20H25FN2O2S/c1-3-12-23(13-14-26-19-11-7-4-8-16(19)21)15-20(24)22-17-9-5-6-10-18(17)25-2/h4-11H,3,12-15H2,1-2H3,(H,22,24). The van der Waals surface area contributed by atoms with Crippen LogP contribution in [0.25, 0.3) is 0 Å². The van der Waals surface area contributed by atoms with Crippen LogP contribution in [0.15, 0.2) is 53.4 Å². The van der Waals surface area contributed by atoms with E-state index in [4.69, 9.17) is 4.74 Å². The molecule has 0 aliphatic rings. The maximum absolute atomic E-state index is 13.7. The highest BCUT2D eigenvalue weighted by molar-refractivity contribution is 7.99. The monoisotopic (exact) mass is 376 g/mol. The molecule has 0 aliphatic heterocycles. The third-order valence-corrected chi connectivity index (χ3v) is 4.82. The fourth-order valence-corrected chi connectivity index (χ4v) is 3.52. The SMILES string of the molecule is CCCN(CCSc1ccccc1F)CC(=O)Nc1ccccc1OC. The van der Waals surface area contributed by atoms with Gasteiger partial charge in [-0.3, -0.25) is 9.69 Å².